The number of aromatic amines is 1. The second kappa shape index (κ2) is 7.52. The van der Waals surface area contributed by atoms with E-state index in [1.165, 1.54) is 11.8 Å². The van der Waals surface area contributed by atoms with Crippen LogP contribution in [0.15, 0.2) is 53.7 Å². The van der Waals surface area contributed by atoms with E-state index in [2.05, 4.69) is 35.5 Å². The maximum atomic E-state index is 5.89. The number of rotatable bonds is 6. The van der Waals surface area contributed by atoms with E-state index in [1.807, 2.05) is 52.9 Å². The summed E-state index contributed by atoms with van der Waals surface area (Å²) in [7, 11) is 1.62. The van der Waals surface area contributed by atoms with Crippen LogP contribution in [0, 0.1) is 0 Å². The van der Waals surface area contributed by atoms with Gasteiger partial charge in [0.1, 0.15) is 11.6 Å². The molecule has 2 aromatic carbocycles. The van der Waals surface area contributed by atoms with Crippen LogP contribution in [-0.2, 0) is 5.75 Å². The first-order chi connectivity index (χ1) is 14.7. The Balaban J connectivity index is 1.38. The number of thioether (sulfide) groups is 1. The molecule has 0 fully saturated rings. The Bertz CT molecular complexity index is 1350. The number of H-pyrrole nitrogens is 1. The van der Waals surface area contributed by atoms with Crippen molar-refractivity contribution in [3.8, 4) is 5.75 Å². The fraction of sp³-hybridized carbons (Fsp3) is 0.105. The molecule has 3 aromatic heterocycles. The minimum atomic E-state index is 0.145. The Morgan fingerprint density at radius 2 is 2.00 bits per heavy atom. The van der Waals surface area contributed by atoms with Crippen molar-refractivity contribution in [1.29, 1.82) is 0 Å². The predicted octanol–water partition coefficient (Wildman–Crippen LogP) is 3.02. The molecule has 0 unspecified atom stereocenters. The summed E-state index contributed by atoms with van der Waals surface area (Å²) in [5.74, 6) is 2.94. The number of nitrogens with two attached hydrogens (primary N) is 1. The van der Waals surface area contributed by atoms with Gasteiger partial charge < -0.3 is 15.8 Å². The van der Waals surface area contributed by atoms with Crippen LogP contribution < -0.4 is 15.8 Å². The lowest BCUT2D eigenvalue weighted by Gasteiger charge is -2.08. The molecule has 0 spiro atoms. The third-order valence-electron chi connectivity index (χ3n) is 4.36. The molecule has 4 N–H and O–H groups in total. The summed E-state index contributed by atoms with van der Waals surface area (Å²) in [6, 6.07) is 15.4. The number of ether oxygens (including phenoxy) is 1. The zero-order valence-electron chi connectivity index (χ0n) is 15.9. The average Bonchev–Trinajstić information content (AvgIpc) is 3.31. The summed E-state index contributed by atoms with van der Waals surface area (Å²) in [6.45, 7) is 0. The monoisotopic (exact) mass is 419 g/mol. The molecule has 0 radical (unpaired) electrons. The highest BCUT2D eigenvalue weighted by Gasteiger charge is 2.13. The van der Waals surface area contributed by atoms with E-state index < -0.39 is 0 Å². The topological polar surface area (TPSA) is 132 Å². The van der Waals surface area contributed by atoms with Crippen molar-refractivity contribution in [2.75, 3.05) is 18.2 Å². The smallest absolute Gasteiger partial charge is 0.232 e. The standard InChI is InChI=1S/C19H17N9OS/c1-29-12-6-4-5-11(9-12)21-17-24-15(23-16(20)25-17)10-30-19-27-26-18-22-13-7-2-3-8-14(13)28(18)19/h2-9H,10H2,1H3,(H,22,26)(H3,20,21,23,24,25). The molecular weight excluding hydrogens is 402 g/mol. The summed E-state index contributed by atoms with van der Waals surface area (Å²) in [6.07, 6.45) is 0. The lowest BCUT2D eigenvalue weighted by Crippen LogP contribution is -2.06. The summed E-state index contributed by atoms with van der Waals surface area (Å²) >= 11 is 1.48. The second-order valence-corrected chi connectivity index (χ2v) is 7.29. The number of hydrogen-bond acceptors (Lipinski definition) is 9. The number of fused-ring (bicyclic) bond motifs is 3. The molecule has 11 heteroatoms. The van der Waals surface area contributed by atoms with Gasteiger partial charge in [-0.25, -0.2) is 10.1 Å². The van der Waals surface area contributed by atoms with Crippen LogP contribution in [0.3, 0.4) is 0 Å². The molecule has 0 saturated heterocycles. The van der Waals surface area contributed by atoms with Gasteiger partial charge in [0.2, 0.25) is 17.7 Å². The van der Waals surface area contributed by atoms with Crippen molar-refractivity contribution in [3.63, 3.8) is 0 Å². The average molecular weight is 419 g/mol. The number of methoxy groups -OCH3 is 1. The van der Waals surface area contributed by atoms with Crippen LogP contribution in [0.1, 0.15) is 5.82 Å². The maximum absolute atomic E-state index is 5.89. The van der Waals surface area contributed by atoms with Gasteiger partial charge in [0.05, 0.1) is 23.9 Å². The van der Waals surface area contributed by atoms with Gasteiger partial charge in [-0.05, 0) is 24.3 Å². The molecule has 0 aliphatic rings. The molecule has 30 heavy (non-hydrogen) atoms. The Hall–Kier alpha value is -3.86. The van der Waals surface area contributed by atoms with E-state index in [-0.39, 0.29) is 5.95 Å². The number of imidazole rings is 1. The summed E-state index contributed by atoms with van der Waals surface area (Å²) in [5, 5.41) is 11.2. The second-order valence-electron chi connectivity index (χ2n) is 6.34. The third kappa shape index (κ3) is 3.46. The molecule has 0 aliphatic carbocycles. The number of para-hydroxylation sites is 2. The SMILES string of the molecule is COc1cccc(Nc2nc(N)nc(CSc3n[nH]c4nc5ccccc5n34)n2)c1. The molecule has 0 bridgehead atoms. The van der Waals surface area contributed by atoms with Crippen molar-refractivity contribution in [1.82, 2.24) is 34.5 Å². The van der Waals surface area contributed by atoms with E-state index in [0.29, 0.717) is 23.3 Å². The molecule has 0 atom stereocenters. The molecule has 150 valence electrons. The number of hydrogen-bond donors (Lipinski definition) is 3. The number of anilines is 3. The Labute approximate surface area is 174 Å². The largest absolute Gasteiger partial charge is 0.497 e. The van der Waals surface area contributed by atoms with Crippen LogP contribution >= 0.6 is 11.8 Å². The number of nitrogen functional groups attached to an aromatic ring is 1. The zero-order chi connectivity index (χ0) is 20.5. The van der Waals surface area contributed by atoms with Crippen LogP contribution in [0.25, 0.3) is 16.8 Å². The van der Waals surface area contributed by atoms with Crippen LogP contribution in [0.2, 0.25) is 0 Å². The molecule has 10 nitrogen and oxygen atoms in total. The van der Waals surface area contributed by atoms with Crippen LogP contribution in [0.5, 0.6) is 5.75 Å². The van der Waals surface area contributed by atoms with Crippen molar-refractivity contribution in [2.24, 2.45) is 0 Å². The molecule has 0 amide bonds. The highest BCUT2D eigenvalue weighted by atomic mass is 32.2. The molecular formula is C19H17N9OS. The van der Waals surface area contributed by atoms with Gasteiger partial charge in [-0.3, -0.25) is 4.40 Å². The quantitative estimate of drug-likeness (QED) is 0.355. The molecule has 5 aromatic rings. The lowest BCUT2D eigenvalue weighted by atomic mass is 10.3. The predicted molar refractivity (Wildman–Crippen MR) is 115 cm³/mol. The number of aromatic nitrogens is 7. The van der Waals surface area contributed by atoms with Crippen LogP contribution in [-0.4, -0.2) is 41.6 Å². The summed E-state index contributed by atoms with van der Waals surface area (Å²) in [5.41, 5.74) is 8.57. The number of nitrogens with one attached hydrogen (secondary N) is 2. The molecule has 0 aliphatic heterocycles. The van der Waals surface area contributed by atoms with Gasteiger partial charge in [0.15, 0.2) is 5.16 Å². The first-order valence-electron chi connectivity index (χ1n) is 9.05. The normalized spacial score (nSPS) is 11.2. The number of nitrogens with zero attached hydrogens (tertiary/aromatic N) is 6. The fourth-order valence-corrected chi connectivity index (χ4v) is 3.87. The van der Waals surface area contributed by atoms with E-state index in [1.54, 1.807) is 7.11 Å². The van der Waals surface area contributed by atoms with Gasteiger partial charge in [0, 0.05) is 11.8 Å². The van der Waals surface area contributed by atoms with Crippen molar-refractivity contribution >= 4 is 46.2 Å². The van der Waals surface area contributed by atoms with Crippen molar-refractivity contribution in [3.05, 3.63) is 54.4 Å². The van der Waals surface area contributed by atoms with Gasteiger partial charge in [-0.1, -0.05) is 30.0 Å². The Morgan fingerprint density at radius 3 is 2.90 bits per heavy atom. The van der Waals surface area contributed by atoms with Gasteiger partial charge in [-0.15, -0.1) is 5.10 Å². The van der Waals surface area contributed by atoms with Crippen LogP contribution in [0.4, 0.5) is 17.6 Å². The Kier molecular flexibility index (Phi) is 4.56. The van der Waals surface area contributed by atoms with Gasteiger partial charge >= 0.3 is 0 Å². The van der Waals surface area contributed by atoms with E-state index in [9.17, 15) is 0 Å². The van der Waals surface area contributed by atoms with Gasteiger partial charge in [-0.2, -0.15) is 15.0 Å². The fourth-order valence-electron chi connectivity index (χ4n) is 3.06. The molecule has 3 heterocycles. The lowest BCUT2D eigenvalue weighted by molar-refractivity contribution is 0.415. The summed E-state index contributed by atoms with van der Waals surface area (Å²) in [4.78, 5) is 17.4. The minimum Gasteiger partial charge on any atom is -0.497 e. The Morgan fingerprint density at radius 1 is 1.10 bits per heavy atom. The maximum Gasteiger partial charge on any atom is 0.232 e. The van der Waals surface area contributed by atoms with E-state index >= 15 is 0 Å². The van der Waals surface area contributed by atoms with Crippen molar-refractivity contribution in [2.45, 2.75) is 10.9 Å². The highest BCUT2D eigenvalue weighted by molar-refractivity contribution is 7.98. The highest BCUT2D eigenvalue weighted by Crippen LogP contribution is 2.25. The number of benzene rings is 2. The molecule has 5 rings (SSSR count). The first kappa shape index (κ1) is 18.2. The van der Waals surface area contributed by atoms with E-state index in [0.717, 1.165) is 27.6 Å². The summed E-state index contributed by atoms with van der Waals surface area (Å²) < 4.78 is 7.21. The molecule has 0 saturated carbocycles. The zero-order valence-corrected chi connectivity index (χ0v) is 16.7. The van der Waals surface area contributed by atoms with Gasteiger partial charge in [0.25, 0.3) is 0 Å². The van der Waals surface area contributed by atoms with Crippen molar-refractivity contribution < 1.29 is 4.74 Å². The minimum absolute atomic E-state index is 0.145. The third-order valence-corrected chi connectivity index (χ3v) is 5.29. The van der Waals surface area contributed by atoms with E-state index in [4.69, 9.17) is 10.5 Å². The first-order valence-corrected chi connectivity index (χ1v) is 10.0.